The minimum Gasteiger partial charge on any atom is -0.337 e. The van der Waals surface area contributed by atoms with Crippen molar-refractivity contribution < 1.29 is 0 Å². The molecule has 0 saturated carbocycles. The molecule has 2 aromatic carbocycles. The lowest BCUT2D eigenvalue weighted by atomic mass is 9.92. The molecule has 3 rings (SSSR count). The van der Waals surface area contributed by atoms with Crippen LogP contribution in [0.2, 0.25) is 5.02 Å². The van der Waals surface area contributed by atoms with Gasteiger partial charge in [0.05, 0.1) is 6.33 Å². The maximum Gasteiger partial charge on any atom is 0.0946 e. The van der Waals surface area contributed by atoms with Gasteiger partial charge in [-0.3, -0.25) is 0 Å². The number of hydrogen-bond acceptors (Lipinski definition) is 1. The maximum atomic E-state index is 6.32. The Morgan fingerprint density at radius 1 is 1.00 bits per heavy atom. The van der Waals surface area contributed by atoms with E-state index in [-0.39, 0.29) is 0 Å². The van der Waals surface area contributed by atoms with Crippen molar-refractivity contribution >= 4 is 11.6 Å². The summed E-state index contributed by atoms with van der Waals surface area (Å²) < 4.78 is 2.12. The van der Waals surface area contributed by atoms with Gasteiger partial charge in [0.15, 0.2) is 0 Å². The molecule has 1 heterocycles. The highest BCUT2D eigenvalue weighted by Gasteiger charge is 2.14. The number of rotatable bonds is 5. The Hall–Kier alpha value is -2.06. The fraction of sp³-hybridized carbons (Fsp3) is 0.167. The molecule has 0 aliphatic rings. The van der Waals surface area contributed by atoms with E-state index in [1.54, 1.807) is 0 Å². The molecule has 0 N–H and O–H groups in total. The normalized spacial score (nSPS) is 12.2. The summed E-state index contributed by atoms with van der Waals surface area (Å²) in [5.41, 5.74) is 2.51. The van der Waals surface area contributed by atoms with E-state index in [0.29, 0.717) is 5.92 Å². The van der Waals surface area contributed by atoms with Crippen LogP contribution in [0.25, 0.3) is 0 Å². The average molecular weight is 297 g/mol. The summed E-state index contributed by atoms with van der Waals surface area (Å²) >= 11 is 6.32. The number of halogens is 1. The van der Waals surface area contributed by atoms with Crippen LogP contribution in [0, 0.1) is 0 Å². The summed E-state index contributed by atoms with van der Waals surface area (Å²) in [6.45, 7) is 0.898. The first-order valence-electron chi connectivity index (χ1n) is 7.07. The molecule has 21 heavy (non-hydrogen) atoms. The van der Waals surface area contributed by atoms with Crippen molar-refractivity contribution in [2.75, 3.05) is 0 Å². The third-order valence-electron chi connectivity index (χ3n) is 3.69. The van der Waals surface area contributed by atoms with Crippen LogP contribution in [-0.4, -0.2) is 9.55 Å². The number of aromatic nitrogens is 2. The van der Waals surface area contributed by atoms with Gasteiger partial charge in [-0.15, -0.1) is 0 Å². The van der Waals surface area contributed by atoms with Crippen LogP contribution in [0.4, 0.5) is 0 Å². The van der Waals surface area contributed by atoms with Crippen molar-refractivity contribution in [2.24, 2.45) is 0 Å². The third-order valence-corrected chi connectivity index (χ3v) is 4.05. The summed E-state index contributed by atoms with van der Waals surface area (Å²) in [5.74, 6) is 0.375. The van der Waals surface area contributed by atoms with Gasteiger partial charge in [0, 0.05) is 29.9 Å². The molecule has 3 heteroatoms. The van der Waals surface area contributed by atoms with Crippen LogP contribution in [0.15, 0.2) is 73.3 Å². The van der Waals surface area contributed by atoms with Crippen LogP contribution in [0.5, 0.6) is 0 Å². The van der Waals surface area contributed by atoms with Crippen LogP contribution in [-0.2, 0) is 13.0 Å². The molecule has 0 amide bonds. The van der Waals surface area contributed by atoms with E-state index in [1.807, 2.05) is 43.0 Å². The lowest BCUT2D eigenvalue weighted by molar-refractivity contribution is 0.556. The molecule has 0 aliphatic carbocycles. The fourth-order valence-electron chi connectivity index (χ4n) is 2.59. The van der Waals surface area contributed by atoms with Crippen molar-refractivity contribution in [3.05, 3.63) is 89.5 Å². The highest BCUT2D eigenvalue weighted by atomic mass is 35.5. The predicted octanol–water partition coefficient (Wildman–Crippen LogP) is 4.56. The summed E-state index contributed by atoms with van der Waals surface area (Å²) in [4.78, 5) is 4.13. The molecule has 106 valence electrons. The smallest absolute Gasteiger partial charge is 0.0946 e. The van der Waals surface area contributed by atoms with Gasteiger partial charge < -0.3 is 4.57 Å². The molecular formula is C18H17ClN2. The summed E-state index contributed by atoms with van der Waals surface area (Å²) in [6.07, 6.45) is 6.60. The zero-order chi connectivity index (χ0) is 14.5. The average Bonchev–Trinajstić information content (AvgIpc) is 3.03. The van der Waals surface area contributed by atoms with Gasteiger partial charge in [-0.05, 0) is 23.6 Å². The van der Waals surface area contributed by atoms with Gasteiger partial charge in [0.1, 0.15) is 0 Å². The fourth-order valence-corrected chi connectivity index (χ4v) is 2.80. The molecule has 0 bridgehead atoms. The highest BCUT2D eigenvalue weighted by Crippen LogP contribution is 2.26. The monoisotopic (exact) mass is 296 g/mol. The van der Waals surface area contributed by atoms with E-state index < -0.39 is 0 Å². The Kier molecular flexibility index (Phi) is 4.37. The Labute approximate surface area is 130 Å². The van der Waals surface area contributed by atoms with E-state index in [2.05, 4.69) is 39.9 Å². The van der Waals surface area contributed by atoms with Gasteiger partial charge >= 0.3 is 0 Å². The number of imidazole rings is 1. The van der Waals surface area contributed by atoms with Gasteiger partial charge in [-0.2, -0.15) is 0 Å². The molecule has 0 saturated heterocycles. The van der Waals surface area contributed by atoms with E-state index in [1.165, 1.54) is 11.1 Å². The second-order valence-electron chi connectivity index (χ2n) is 5.16. The second-order valence-corrected chi connectivity index (χ2v) is 5.57. The second kappa shape index (κ2) is 6.59. The van der Waals surface area contributed by atoms with Crippen molar-refractivity contribution in [3.63, 3.8) is 0 Å². The van der Waals surface area contributed by atoms with Crippen LogP contribution in [0.1, 0.15) is 17.0 Å². The minimum atomic E-state index is 0.375. The molecule has 0 radical (unpaired) electrons. The minimum absolute atomic E-state index is 0.375. The number of nitrogens with zero attached hydrogens (tertiary/aromatic N) is 2. The van der Waals surface area contributed by atoms with Gasteiger partial charge in [-0.25, -0.2) is 4.98 Å². The first kappa shape index (κ1) is 13.9. The first-order chi connectivity index (χ1) is 10.3. The molecule has 1 atom stereocenters. The highest BCUT2D eigenvalue weighted by molar-refractivity contribution is 6.31. The van der Waals surface area contributed by atoms with Crippen LogP contribution in [0.3, 0.4) is 0 Å². The third kappa shape index (κ3) is 3.53. The lowest BCUT2D eigenvalue weighted by Gasteiger charge is -2.19. The van der Waals surface area contributed by atoms with E-state index >= 15 is 0 Å². The molecular weight excluding hydrogens is 280 g/mol. The van der Waals surface area contributed by atoms with Crippen LogP contribution < -0.4 is 0 Å². The molecule has 1 aromatic heterocycles. The zero-order valence-electron chi connectivity index (χ0n) is 11.7. The van der Waals surface area contributed by atoms with Gasteiger partial charge in [0.2, 0.25) is 0 Å². The Bertz CT molecular complexity index is 677. The Balaban J connectivity index is 1.87. The molecule has 0 spiro atoms. The van der Waals surface area contributed by atoms with E-state index in [0.717, 1.165) is 18.0 Å². The standard InChI is InChI=1S/C18H17ClN2/c19-18-9-5-4-8-16(18)12-17(13-21-11-10-20-14-21)15-6-2-1-3-7-15/h1-11,14,17H,12-13H2. The van der Waals surface area contributed by atoms with Gasteiger partial charge in [-0.1, -0.05) is 60.1 Å². The number of benzene rings is 2. The van der Waals surface area contributed by atoms with Gasteiger partial charge in [0.25, 0.3) is 0 Å². The van der Waals surface area contributed by atoms with Crippen molar-refractivity contribution in [1.29, 1.82) is 0 Å². The zero-order valence-corrected chi connectivity index (χ0v) is 12.4. The quantitative estimate of drug-likeness (QED) is 0.675. The van der Waals surface area contributed by atoms with E-state index in [9.17, 15) is 0 Å². The van der Waals surface area contributed by atoms with Crippen molar-refractivity contribution in [1.82, 2.24) is 9.55 Å². The first-order valence-corrected chi connectivity index (χ1v) is 7.45. The Morgan fingerprint density at radius 3 is 2.48 bits per heavy atom. The predicted molar refractivity (Wildman–Crippen MR) is 86.6 cm³/mol. The van der Waals surface area contributed by atoms with Crippen LogP contribution >= 0.6 is 11.6 Å². The summed E-state index contributed by atoms with van der Waals surface area (Å²) in [6, 6.07) is 18.7. The molecule has 0 fully saturated rings. The molecule has 3 aromatic rings. The molecule has 2 nitrogen and oxygen atoms in total. The van der Waals surface area contributed by atoms with E-state index in [4.69, 9.17) is 11.6 Å². The summed E-state index contributed by atoms with van der Waals surface area (Å²) in [7, 11) is 0. The summed E-state index contributed by atoms with van der Waals surface area (Å²) in [5, 5.41) is 0.837. The van der Waals surface area contributed by atoms with Crippen molar-refractivity contribution in [2.45, 2.75) is 18.9 Å². The topological polar surface area (TPSA) is 17.8 Å². The largest absolute Gasteiger partial charge is 0.337 e. The molecule has 0 aliphatic heterocycles. The maximum absolute atomic E-state index is 6.32. The SMILES string of the molecule is Clc1ccccc1CC(Cn1ccnc1)c1ccccc1. The van der Waals surface area contributed by atoms with Crippen molar-refractivity contribution in [3.8, 4) is 0 Å². The molecule has 1 unspecified atom stereocenters. The number of hydrogen-bond donors (Lipinski definition) is 0. The lowest BCUT2D eigenvalue weighted by Crippen LogP contribution is -2.11. The Morgan fingerprint density at radius 2 is 1.76 bits per heavy atom.